The van der Waals surface area contributed by atoms with Gasteiger partial charge in [-0.2, -0.15) is 0 Å². The third kappa shape index (κ3) is 4.62. The number of hydrogen-bond donors (Lipinski definition) is 1. The summed E-state index contributed by atoms with van der Waals surface area (Å²) < 4.78 is 32.1. The molecule has 0 saturated carbocycles. The van der Waals surface area contributed by atoms with E-state index in [1.165, 1.54) is 0 Å². The molecule has 1 aromatic heterocycles. The molecule has 110 valence electrons. The second-order valence-corrected chi connectivity index (χ2v) is 7.15. The van der Waals surface area contributed by atoms with Gasteiger partial charge in [-0.15, -0.1) is 0 Å². The molecule has 0 aliphatic heterocycles. The summed E-state index contributed by atoms with van der Waals surface area (Å²) in [6, 6.07) is -0.0857. The van der Waals surface area contributed by atoms with Crippen LogP contribution in [-0.4, -0.2) is 19.6 Å². The van der Waals surface area contributed by atoms with E-state index in [4.69, 9.17) is 4.52 Å². The molecule has 5 nitrogen and oxygen atoms in total. The highest BCUT2D eigenvalue weighted by molar-refractivity contribution is 7.89. The summed E-state index contributed by atoms with van der Waals surface area (Å²) in [6.45, 7) is 9.46. The van der Waals surface area contributed by atoms with Gasteiger partial charge < -0.3 is 4.52 Å². The van der Waals surface area contributed by atoms with Crippen LogP contribution in [0.4, 0.5) is 0 Å². The number of aryl methyl sites for hydroxylation is 2. The first-order chi connectivity index (χ1) is 8.74. The number of sulfonamides is 1. The largest absolute Gasteiger partial charge is 0.360 e. The summed E-state index contributed by atoms with van der Waals surface area (Å²) in [4.78, 5) is 0.170. The van der Waals surface area contributed by atoms with Crippen molar-refractivity contribution >= 4 is 10.0 Å². The Morgan fingerprint density at radius 3 is 2.32 bits per heavy atom. The van der Waals surface area contributed by atoms with Gasteiger partial charge in [-0.05, 0) is 33.1 Å². The van der Waals surface area contributed by atoms with Crippen molar-refractivity contribution in [2.45, 2.75) is 64.8 Å². The molecule has 1 unspecified atom stereocenters. The van der Waals surface area contributed by atoms with E-state index in [0.29, 0.717) is 17.4 Å². The van der Waals surface area contributed by atoms with Gasteiger partial charge in [0.05, 0.1) is 0 Å². The predicted octanol–water partition coefficient (Wildman–Crippen LogP) is 2.78. The van der Waals surface area contributed by atoms with Crippen LogP contribution in [0.3, 0.4) is 0 Å². The van der Waals surface area contributed by atoms with Crippen LogP contribution in [0.25, 0.3) is 0 Å². The first-order valence-electron chi connectivity index (χ1n) is 6.69. The second kappa shape index (κ2) is 6.52. The molecule has 0 aliphatic rings. The van der Waals surface area contributed by atoms with Crippen LogP contribution in [0.1, 0.15) is 51.5 Å². The molecule has 1 heterocycles. The van der Waals surface area contributed by atoms with Gasteiger partial charge in [0, 0.05) is 6.04 Å². The van der Waals surface area contributed by atoms with E-state index < -0.39 is 10.0 Å². The average Bonchev–Trinajstić information content (AvgIpc) is 2.57. The fourth-order valence-electron chi connectivity index (χ4n) is 2.07. The topological polar surface area (TPSA) is 72.2 Å². The summed E-state index contributed by atoms with van der Waals surface area (Å²) in [5.74, 6) is 0.978. The first kappa shape index (κ1) is 16.2. The Balaban J connectivity index is 2.65. The van der Waals surface area contributed by atoms with Gasteiger partial charge >= 0.3 is 0 Å². The van der Waals surface area contributed by atoms with Crippen LogP contribution >= 0.6 is 0 Å². The van der Waals surface area contributed by atoms with Crippen molar-refractivity contribution in [3.8, 4) is 0 Å². The molecule has 0 aliphatic carbocycles. The number of aromatic nitrogens is 1. The Labute approximate surface area is 115 Å². The summed E-state index contributed by atoms with van der Waals surface area (Å²) in [5.41, 5.74) is 0.402. The van der Waals surface area contributed by atoms with Crippen LogP contribution in [-0.2, 0) is 10.0 Å². The monoisotopic (exact) mass is 288 g/mol. The molecule has 0 saturated heterocycles. The molecule has 1 rings (SSSR count). The minimum atomic E-state index is -3.53. The van der Waals surface area contributed by atoms with Crippen LogP contribution in [0.15, 0.2) is 9.42 Å². The molecule has 0 spiro atoms. The van der Waals surface area contributed by atoms with Gasteiger partial charge in [-0.25, -0.2) is 13.1 Å². The standard InChI is InChI=1S/C13H24N2O3S/c1-9(2)7-6-8-10(3)15-19(16,17)13-11(4)14-18-12(13)5/h9-10,15H,6-8H2,1-5H3. The van der Waals surface area contributed by atoms with Crippen LogP contribution in [0.5, 0.6) is 0 Å². The van der Waals surface area contributed by atoms with Crippen molar-refractivity contribution in [3.05, 3.63) is 11.5 Å². The fraction of sp³-hybridized carbons (Fsp3) is 0.769. The van der Waals surface area contributed by atoms with Crippen molar-refractivity contribution < 1.29 is 12.9 Å². The molecule has 0 fully saturated rings. The van der Waals surface area contributed by atoms with Gasteiger partial charge in [0.1, 0.15) is 10.6 Å². The van der Waals surface area contributed by atoms with Crippen LogP contribution in [0, 0.1) is 19.8 Å². The van der Waals surface area contributed by atoms with E-state index in [1.807, 2.05) is 6.92 Å². The minimum absolute atomic E-state index is 0.0857. The van der Waals surface area contributed by atoms with Crippen molar-refractivity contribution in [1.29, 1.82) is 0 Å². The summed E-state index contributed by atoms with van der Waals surface area (Å²) >= 11 is 0. The summed E-state index contributed by atoms with van der Waals surface area (Å²) in [6.07, 6.45) is 2.96. The Hall–Kier alpha value is -0.880. The molecule has 1 N–H and O–H groups in total. The normalized spacial score (nSPS) is 14.0. The Kier molecular flexibility index (Phi) is 5.55. The number of nitrogens with zero attached hydrogens (tertiary/aromatic N) is 1. The SMILES string of the molecule is Cc1noc(C)c1S(=O)(=O)NC(C)CCCC(C)C. The Morgan fingerprint density at radius 1 is 1.21 bits per heavy atom. The van der Waals surface area contributed by atoms with E-state index in [-0.39, 0.29) is 10.9 Å². The molecule has 1 atom stereocenters. The predicted molar refractivity (Wildman–Crippen MR) is 74.4 cm³/mol. The lowest BCUT2D eigenvalue weighted by molar-refractivity contribution is 0.390. The number of rotatable bonds is 7. The van der Waals surface area contributed by atoms with E-state index >= 15 is 0 Å². The zero-order valence-corrected chi connectivity index (χ0v) is 13.2. The van der Waals surface area contributed by atoms with Crippen molar-refractivity contribution in [3.63, 3.8) is 0 Å². The fourth-order valence-corrected chi connectivity index (χ4v) is 3.68. The maximum absolute atomic E-state index is 12.2. The first-order valence-corrected chi connectivity index (χ1v) is 8.17. The van der Waals surface area contributed by atoms with E-state index in [9.17, 15) is 8.42 Å². The quantitative estimate of drug-likeness (QED) is 0.837. The van der Waals surface area contributed by atoms with E-state index in [0.717, 1.165) is 19.3 Å². The van der Waals surface area contributed by atoms with Gasteiger partial charge in [-0.1, -0.05) is 31.8 Å². The van der Waals surface area contributed by atoms with Crippen molar-refractivity contribution in [1.82, 2.24) is 9.88 Å². The third-order valence-electron chi connectivity index (χ3n) is 3.01. The Morgan fingerprint density at radius 2 is 1.84 bits per heavy atom. The highest BCUT2D eigenvalue weighted by atomic mass is 32.2. The molecule has 1 aromatic rings. The van der Waals surface area contributed by atoms with Gasteiger partial charge in [0.2, 0.25) is 10.0 Å². The van der Waals surface area contributed by atoms with Crippen molar-refractivity contribution in [2.75, 3.05) is 0 Å². The molecule has 0 amide bonds. The van der Waals surface area contributed by atoms with E-state index in [2.05, 4.69) is 23.7 Å². The highest BCUT2D eigenvalue weighted by Gasteiger charge is 2.25. The maximum Gasteiger partial charge on any atom is 0.246 e. The molecular formula is C13H24N2O3S. The zero-order chi connectivity index (χ0) is 14.6. The Bertz CT molecular complexity index is 486. The molecule has 0 radical (unpaired) electrons. The third-order valence-corrected chi connectivity index (χ3v) is 4.84. The zero-order valence-electron chi connectivity index (χ0n) is 12.4. The highest BCUT2D eigenvalue weighted by Crippen LogP contribution is 2.19. The smallest absolute Gasteiger partial charge is 0.246 e. The summed E-state index contributed by atoms with van der Waals surface area (Å²) in [5, 5.41) is 3.68. The van der Waals surface area contributed by atoms with Crippen LogP contribution in [0.2, 0.25) is 0 Å². The maximum atomic E-state index is 12.2. The van der Waals surface area contributed by atoms with Crippen LogP contribution < -0.4 is 4.72 Å². The number of nitrogens with one attached hydrogen (secondary N) is 1. The molecule has 6 heteroatoms. The summed E-state index contributed by atoms with van der Waals surface area (Å²) in [7, 11) is -3.53. The second-order valence-electron chi connectivity index (χ2n) is 5.50. The van der Waals surface area contributed by atoms with Gasteiger partial charge in [-0.3, -0.25) is 0 Å². The van der Waals surface area contributed by atoms with E-state index in [1.54, 1.807) is 13.8 Å². The lowest BCUT2D eigenvalue weighted by Gasteiger charge is -2.14. The molecular weight excluding hydrogens is 264 g/mol. The van der Waals surface area contributed by atoms with Gasteiger partial charge in [0.15, 0.2) is 5.76 Å². The molecule has 0 aromatic carbocycles. The van der Waals surface area contributed by atoms with Crippen molar-refractivity contribution in [2.24, 2.45) is 5.92 Å². The lowest BCUT2D eigenvalue weighted by atomic mass is 10.0. The molecule has 0 bridgehead atoms. The average molecular weight is 288 g/mol. The lowest BCUT2D eigenvalue weighted by Crippen LogP contribution is -2.33. The minimum Gasteiger partial charge on any atom is -0.360 e. The number of hydrogen-bond acceptors (Lipinski definition) is 4. The molecule has 19 heavy (non-hydrogen) atoms. The van der Waals surface area contributed by atoms with Gasteiger partial charge in [0.25, 0.3) is 0 Å².